The smallest absolute Gasteiger partial charge is 0.407 e. The fraction of sp³-hybridized carbons (Fsp3) is 0.632. The molecule has 0 bridgehead atoms. The molecule has 0 aromatic heterocycles. The van der Waals surface area contributed by atoms with E-state index in [1.807, 2.05) is 13.0 Å². The van der Waals surface area contributed by atoms with E-state index in [1.54, 1.807) is 4.90 Å². The molecule has 6 heteroatoms. The first kappa shape index (κ1) is 18.2. The van der Waals surface area contributed by atoms with Crippen molar-refractivity contribution < 1.29 is 14.6 Å². The molecule has 6 nitrogen and oxygen atoms in total. The first-order chi connectivity index (χ1) is 12.0. The second kappa shape index (κ2) is 8.17. The van der Waals surface area contributed by atoms with Gasteiger partial charge in [0, 0.05) is 50.8 Å². The summed E-state index contributed by atoms with van der Waals surface area (Å²) in [7, 11) is 0. The molecule has 25 heavy (non-hydrogen) atoms. The Morgan fingerprint density at radius 1 is 1.16 bits per heavy atom. The predicted molar refractivity (Wildman–Crippen MR) is 96.7 cm³/mol. The number of rotatable bonds is 4. The number of hydrogen-bond donors (Lipinski definition) is 1. The van der Waals surface area contributed by atoms with Crippen LogP contribution < -0.4 is 0 Å². The first-order valence-electron chi connectivity index (χ1n) is 9.14. The third kappa shape index (κ3) is 4.51. The highest BCUT2D eigenvalue weighted by Gasteiger charge is 2.36. The van der Waals surface area contributed by atoms with Crippen molar-refractivity contribution in [3.8, 4) is 0 Å². The maximum atomic E-state index is 11.6. The van der Waals surface area contributed by atoms with Crippen molar-refractivity contribution in [2.75, 3.05) is 39.4 Å². The molecule has 1 aromatic rings. The third-order valence-corrected chi connectivity index (χ3v) is 5.38. The van der Waals surface area contributed by atoms with Gasteiger partial charge in [-0.25, -0.2) is 4.79 Å². The Morgan fingerprint density at radius 2 is 1.92 bits per heavy atom. The fourth-order valence-corrected chi connectivity index (χ4v) is 3.86. The van der Waals surface area contributed by atoms with Crippen LogP contribution in [0, 0.1) is 0 Å². The molecular formula is C19H29N3O3. The van der Waals surface area contributed by atoms with E-state index in [4.69, 9.17) is 4.74 Å². The summed E-state index contributed by atoms with van der Waals surface area (Å²) in [5.74, 6) is 0. The van der Waals surface area contributed by atoms with Crippen molar-refractivity contribution in [2.45, 2.75) is 38.5 Å². The lowest BCUT2D eigenvalue weighted by Gasteiger charge is -2.47. The van der Waals surface area contributed by atoms with Crippen LogP contribution in [0.5, 0.6) is 0 Å². The third-order valence-electron chi connectivity index (χ3n) is 5.38. The molecule has 1 N–H and O–H groups in total. The number of piperazine rings is 1. The van der Waals surface area contributed by atoms with Crippen molar-refractivity contribution >= 4 is 6.09 Å². The van der Waals surface area contributed by atoms with Gasteiger partial charge in [0.25, 0.3) is 0 Å². The molecule has 2 aliphatic heterocycles. The SMILES string of the molecule is CC1COCCN1C[C@H]1CN(C(=O)O)[C@H](C)CN1Cc1ccccc1. The van der Waals surface area contributed by atoms with Gasteiger partial charge in [-0.1, -0.05) is 30.3 Å². The van der Waals surface area contributed by atoms with Crippen LogP contribution in [-0.2, 0) is 11.3 Å². The van der Waals surface area contributed by atoms with Gasteiger partial charge in [0.1, 0.15) is 0 Å². The zero-order valence-electron chi connectivity index (χ0n) is 15.2. The molecule has 1 unspecified atom stereocenters. The number of carboxylic acid groups (broad SMARTS) is 1. The number of nitrogens with zero attached hydrogens (tertiary/aromatic N) is 3. The standard InChI is InChI=1S/C19H29N3O3/c1-15-10-21(11-17-6-4-3-5-7-17)18(13-22(15)19(23)24)12-20-8-9-25-14-16(20)2/h3-7,15-16,18H,8-14H2,1-2H3,(H,23,24)/t15-,16?,18+/m1/s1. The van der Waals surface area contributed by atoms with E-state index in [1.165, 1.54) is 5.56 Å². The highest BCUT2D eigenvalue weighted by molar-refractivity contribution is 5.65. The Kier molecular flexibility index (Phi) is 5.93. The van der Waals surface area contributed by atoms with Crippen molar-refractivity contribution in [1.82, 2.24) is 14.7 Å². The number of ether oxygens (including phenoxy) is 1. The number of benzene rings is 1. The molecule has 0 saturated carbocycles. The zero-order valence-corrected chi connectivity index (χ0v) is 15.2. The van der Waals surface area contributed by atoms with Gasteiger partial charge >= 0.3 is 6.09 Å². The van der Waals surface area contributed by atoms with Crippen molar-refractivity contribution in [2.24, 2.45) is 0 Å². The normalized spacial score (nSPS) is 28.9. The number of carbonyl (C=O) groups is 1. The van der Waals surface area contributed by atoms with E-state index in [2.05, 4.69) is 41.0 Å². The monoisotopic (exact) mass is 347 g/mol. The molecule has 1 amide bonds. The summed E-state index contributed by atoms with van der Waals surface area (Å²) in [4.78, 5) is 18.1. The lowest BCUT2D eigenvalue weighted by atomic mass is 10.0. The summed E-state index contributed by atoms with van der Waals surface area (Å²) < 4.78 is 5.54. The zero-order chi connectivity index (χ0) is 17.8. The molecule has 3 rings (SSSR count). The van der Waals surface area contributed by atoms with Crippen molar-refractivity contribution in [1.29, 1.82) is 0 Å². The van der Waals surface area contributed by atoms with Gasteiger partial charge in [-0.05, 0) is 19.4 Å². The van der Waals surface area contributed by atoms with E-state index >= 15 is 0 Å². The summed E-state index contributed by atoms with van der Waals surface area (Å²) in [5.41, 5.74) is 1.28. The Morgan fingerprint density at radius 3 is 2.60 bits per heavy atom. The lowest BCUT2D eigenvalue weighted by Crippen LogP contribution is -2.62. The van der Waals surface area contributed by atoms with Crippen LogP contribution in [0.15, 0.2) is 30.3 Å². The predicted octanol–water partition coefficient (Wildman–Crippen LogP) is 1.96. The van der Waals surface area contributed by atoms with Crippen LogP contribution in [0.1, 0.15) is 19.4 Å². The Hall–Kier alpha value is -1.63. The molecule has 0 spiro atoms. The van der Waals surface area contributed by atoms with E-state index in [0.717, 1.165) is 39.4 Å². The average molecular weight is 347 g/mol. The van der Waals surface area contributed by atoms with Gasteiger partial charge in [0.2, 0.25) is 0 Å². The molecule has 1 aromatic carbocycles. The van der Waals surface area contributed by atoms with E-state index in [-0.39, 0.29) is 12.1 Å². The lowest BCUT2D eigenvalue weighted by molar-refractivity contribution is -0.0319. The first-order valence-corrected chi connectivity index (χ1v) is 9.14. The van der Waals surface area contributed by atoms with Crippen molar-refractivity contribution in [3.05, 3.63) is 35.9 Å². The van der Waals surface area contributed by atoms with Crippen LogP contribution in [0.3, 0.4) is 0 Å². The van der Waals surface area contributed by atoms with Crippen LogP contribution in [0.2, 0.25) is 0 Å². The summed E-state index contributed by atoms with van der Waals surface area (Å²) >= 11 is 0. The summed E-state index contributed by atoms with van der Waals surface area (Å²) in [5, 5.41) is 9.53. The summed E-state index contributed by atoms with van der Waals surface area (Å²) in [6.45, 7) is 9.69. The van der Waals surface area contributed by atoms with Crippen molar-refractivity contribution in [3.63, 3.8) is 0 Å². The van der Waals surface area contributed by atoms with E-state index < -0.39 is 6.09 Å². The topological polar surface area (TPSA) is 56.3 Å². The Balaban J connectivity index is 1.73. The maximum Gasteiger partial charge on any atom is 0.407 e. The van der Waals surface area contributed by atoms with Gasteiger partial charge in [-0.2, -0.15) is 0 Å². The molecular weight excluding hydrogens is 318 g/mol. The number of amides is 1. The minimum atomic E-state index is -0.813. The largest absolute Gasteiger partial charge is 0.465 e. The highest BCUT2D eigenvalue weighted by atomic mass is 16.5. The fourth-order valence-electron chi connectivity index (χ4n) is 3.86. The summed E-state index contributed by atoms with van der Waals surface area (Å²) in [6.07, 6.45) is -0.813. The molecule has 2 fully saturated rings. The Bertz CT molecular complexity index is 568. The van der Waals surface area contributed by atoms with Gasteiger partial charge in [-0.3, -0.25) is 9.80 Å². The summed E-state index contributed by atoms with van der Waals surface area (Å²) in [6, 6.07) is 11.0. The maximum absolute atomic E-state index is 11.6. The number of morpholine rings is 1. The second-order valence-electron chi connectivity index (χ2n) is 7.27. The number of hydrogen-bond acceptors (Lipinski definition) is 4. The van der Waals surface area contributed by atoms with Crippen LogP contribution in [-0.4, -0.2) is 83.4 Å². The molecule has 2 heterocycles. The van der Waals surface area contributed by atoms with Gasteiger partial charge in [0.05, 0.1) is 13.2 Å². The Labute approximate surface area is 150 Å². The highest BCUT2D eigenvalue weighted by Crippen LogP contribution is 2.21. The minimum Gasteiger partial charge on any atom is -0.465 e. The molecule has 138 valence electrons. The van der Waals surface area contributed by atoms with Gasteiger partial charge in [-0.15, -0.1) is 0 Å². The second-order valence-corrected chi connectivity index (χ2v) is 7.27. The minimum absolute atomic E-state index is 0.0135. The van der Waals surface area contributed by atoms with Crippen LogP contribution in [0.25, 0.3) is 0 Å². The van der Waals surface area contributed by atoms with Crippen LogP contribution in [0.4, 0.5) is 4.79 Å². The van der Waals surface area contributed by atoms with E-state index in [0.29, 0.717) is 12.6 Å². The average Bonchev–Trinajstić information content (AvgIpc) is 2.59. The quantitative estimate of drug-likeness (QED) is 0.902. The molecule has 0 aliphatic carbocycles. The van der Waals surface area contributed by atoms with Gasteiger partial charge in [0.15, 0.2) is 0 Å². The molecule has 0 radical (unpaired) electrons. The molecule has 2 saturated heterocycles. The van der Waals surface area contributed by atoms with E-state index in [9.17, 15) is 9.90 Å². The molecule has 2 aliphatic rings. The van der Waals surface area contributed by atoms with Gasteiger partial charge < -0.3 is 14.7 Å². The van der Waals surface area contributed by atoms with Crippen LogP contribution >= 0.6 is 0 Å². The molecule has 3 atom stereocenters.